The zero-order chi connectivity index (χ0) is 16.0. The molecule has 0 aromatic heterocycles. The summed E-state index contributed by atoms with van der Waals surface area (Å²) in [4.78, 5) is 0. The van der Waals surface area contributed by atoms with Crippen LogP contribution in [0, 0.1) is 0 Å². The van der Waals surface area contributed by atoms with Gasteiger partial charge in [0.25, 0.3) is 10.1 Å². The monoisotopic (exact) mass is 330 g/mol. The van der Waals surface area contributed by atoms with Crippen molar-refractivity contribution in [1.82, 2.24) is 0 Å². The summed E-state index contributed by atoms with van der Waals surface area (Å²) < 4.78 is 45.7. The lowest BCUT2D eigenvalue weighted by atomic mass is 10.3. The molecule has 0 spiro atoms. The third-order valence-corrected chi connectivity index (χ3v) is 3.24. The van der Waals surface area contributed by atoms with Crippen LogP contribution in [0.3, 0.4) is 0 Å². The van der Waals surface area contributed by atoms with Crippen molar-refractivity contribution in [2.45, 2.75) is 25.4 Å². The average Bonchev–Trinajstić information content (AvgIpc) is 2.41. The summed E-state index contributed by atoms with van der Waals surface area (Å²) in [6, 6.07) is 0. The van der Waals surface area contributed by atoms with Crippen LogP contribution >= 0.6 is 0 Å². The van der Waals surface area contributed by atoms with Gasteiger partial charge in [-0.05, 0) is 19.3 Å². The molecule has 0 bridgehead atoms. The zero-order valence-corrected chi connectivity index (χ0v) is 13.0. The highest BCUT2D eigenvalue weighted by Crippen LogP contribution is 2.00. The van der Waals surface area contributed by atoms with E-state index in [4.69, 9.17) is 29.0 Å². The molecule has 0 aliphatic heterocycles. The minimum absolute atomic E-state index is 0.0904. The van der Waals surface area contributed by atoms with Crippen molar-refractivity contribution in [3.63, 3.8) is 0 Å². The lowest BCUT2D eigenvalue weighted by Gasteiger charge is -2.18. The first-order valence-corrected chi connectivity index (χ1v) is 8.54. The fourth-order valence-electron chi connectivity index (χ4n) is 1.45. The van der Waals surface area contributed by atoms with Gasteiger partial charge in [0.05, 0.1) is 32.2 Å². The first-order valence-electron chi connectivity index (χ1n) is 6.93. The van der Waals surface area contributed by atoms with E-state index in [2.05, 4.69) is 0 Å². The Labute approximate surface area is 125 Å². The van der Waals surface area contributed by atoms with E-state index in [1.54, 1.807) is 0 Å². The number of aliphatic hydroxyl groups excluding tert-OH is 2. The van der Waals surface area contributed by atoms with Crippen LogP contribution in [0.1, 0.15) is 19.3 Å². The third kappa shape index (κ3) is 15.9. The van der Waals surface area contributed by atoms with Gasteiger partial charge in [0.2, 0.25) is 0 Å². The van der Waals surface area contributed by atoms with Crippen LogP contribution in [-0.2, 0) is 24.3 Å². The van der Waals surface area contributed by atoms with Gasteiger partial charge >= 0.3 is 0 Å². The largest absolute Gasteiger partial charge is 0.396 e. The SMILES string of the molecule is O=S(=O)(O)CCCOC(COCCO)COCCCCO. The van der Waals surface area contributed by atoms with Crippen molar-refractivity contribution in [3.05, 3.63) is 0 Å². The average molecular weight is 330 g/mol. The van der Waals surface area contributed by atoms with Crippen molar-refractivity contribution in [2.75, 3.05) is 52.0 Å². The number of hydrogen-bond donors (Lipinski definition) is 3. The molecule has 9 heteroatoms. The standard InChI is InChI=1S/C12H26O8S/c13-4-1-2-6-18-10-12(11-19-8-5-14)20-7-3-9-21(15,16)17/h12-14H,1-11H2,(H,15,16,17). The molecular formula is C12H26O8S. The highest BCUT2D eigenvalue weighted by atomic mass is 32.2. The second kappa shape index (κ2) is 13.4. The van der Waals surface area contributed by atoms with Gasteiger partial charge < -0.3 is 24.4 Å². The normalized spacial score (nSPS) is 13.5. The van der Waals surface area contributed by atoms with Gasteiger partial charge in [-0.3, -0.25) is 4.55 Å². The van der Waals surface area contributed by atoms with Gasteiger partial charge in [-0.1, -0.05) is 0 Å². The molecule has 0 saturated heterocycles. The van der Waals surface area contributed by atoms with Gasteiger partial charge in [0, 0.05) is 19.8 Å². The molecule has 0 radical (unpaired) electrons. The van der Waals surface area contributed by atoms with Crippen molar-refractivity contribution in [2.24, 2.45) is 0 Å². The number of unbranched alkanes of at least 4 members (excludes halogenated alkanes) is 1. The Morgan fingerprint density at radius 2 is 1.52 bits per heavy atom. The first kappa shape index (κ1) is 20.7. The second-order valence-corrected chi connectivity index (χ2v) is 6.01. The molecule has 1 atom stereocenters. The summed E-state index contributed by atoms with van der Waals surface area (Å²) in [6.07, 6.45) is 1.22. The fourth-order valence-corrected chi connectivity index (χ4v) is 1.93. The van der Waals surface area contributed by atoms with Gasteiger partial charge in [-0.2, -0.15) is 8.42 Å². The van der Waals surface area contributed by atoms with Crippen LogP contribution in [0.4, 0.5) is 0 Å². The molecule has 0 aromatic rings. The molecule has 0 aromatic carbocycles. The van der Waals surface area contributed by atoms with Crippen molar-refractivity contribution in [3.8, 4) is 0 Å². The summed E-state index contributed by atoms with van der Waals surface area (Å²) in [6.45, 7) is 1.38. The fraction of sp³-hybridized carbons (Fsp3) is 1.00. The molecule has 0 aliphatic carbocycles. The highest BCUT2D eigenvalue weighted by molar-refractivity contribution is 7.85. The van der Waals surface area contributed by atoms with Crippen LogP contribution in [0.15, 0.2) is 0 Å². The van der Waals surface area contributed by atoms with Gasteiger partial charge in [-0.15, -0.1) is 0 Å². The zero-order valence-electron chi connectivity index (χ0n) is 12.1. The van der Waals surface area contributed by atoms with Gasteiger partial charge in [-0.25, -0.2) is 0 Å². The summed E-state index contributed by atoms with van der Waals surface area (Å²) in [5, 5.41) is 17.3. The molecule has 0 amide bonds. The first-order chi connectivity index (χ1) is 9.99. The van der Waals surface area contributed by atoms with Crippen LogP contribution in [0.5, 0.6) is 0 Å². The van der Waals surface area contributed by atoms with Gasteiger partial charge in [0.1, 0.15) is 6.10 Å². The Morgan fingerprint density at radius 1 is 0.857 bits per heavy atom. The molecule has 3 N–H and O–H groups in total. The van der Waals surface area contributed by atoms with Crippen LogP contribution in [-0.4, -0.2) is 81.3 Å². The molecule has 0 heterocycles. The van der Waals surface area contributed by atoms with E-state index in [-0.39, 0.29) is 57.9 Å². The molecular weight excluding hydrogens is 304 g/mol. The smallest absolute Gasteiger partial charge is 0.264 e. The predicted molar refractivity (Wildman–Crippen MR) is 75.8 cm³/mol. The maximum Gasteiger partial charge on any atom is 0.264 e. The maximum absolute atomic E-state index is 10.6. The van der Waals surface area contributed by atoms with Crippen LogP contribution in [0.2, 0.25) is 0 Å². The molecule has 0 fully saturated rings. The molecule has 0 aliphatic rings. The Kier molecular flexibility index (Phi) is 13.2. The molecule has 0 saturated carbocycles. The number of aliphatic hydroxyl groups is 2. The summed E-state index contributed by atoms with van der Waals surface area (Å²) >= 11 is 0. The lowest BCUT2D eigenvalue weighted by molar-refractivity contribution is -0.0638. The van der Waals surface area contributed by atoms with E-state index >= 15 is 0 Å². The van der Waals surface area contributed by atoms with E-state index < -0.39 is 10.1 Å². The Morgan fingerprint density at radius 3 is 2.10 bits per heavy atom. The van der Waals surface area contributed by atoms with Crippen molar-refractivity contribution >= 4 is 10.1 Å². The van der Waals surface area contributed by atoms with E-state index in [1.807, 2.05) is 0 Å². The summed E-state index contributed by atoms with van der Waals surface area (Å²) in [5.74, 6) is -0.353. The Balaban J connectivity index is 3.84. The lowest BCUT2D eigenvalue weighted by Crippen LogP contribution is -2.27. The number of ether oxygens (including phenoxy) is 3. The minimum atomic E-state index is -3.97. The van der Waals surface area contributed by atoms with E-state index in [0.717, 1.165) is 6.42 Å². The molecule has 8 nitrogen and oxygen atoms in total. The van der Waals surface area contributed by atoms with Crippen LogP contribution < -0.4 is 0 Å². The Hall–Kier alpha value is -0.290. The van der Waals surface area contributed by atoms with Crippen LogP contribution in [0.25, 0.3) is 0 Å². The van der Waals surface area contributed by atoms with E-state index in [1.165, 1.54) is 0 Å². The summed E-state index contributed by atoms with van der Waals surface area (Å²) in [7, 11) is -3.97. The number of rotatable bonds is 15. The molecule has 1 unspecified atom stereocenters. The minimum Gasteiger partial charge on any atom is -0.396 e. The number of hydrogen-bond acceptors (Lipinski definition) is 7. The van der Waals surface area contributed by atoms with E-state index in [0.29, 0.717) is 13.0 Å². The molecule has 0 rings (SSSR count). The molecule has 128 valence electrons. The Bertz CT molecular complexity index is 319. The second-order valence-electron chi connectivity index (χ2n) is 4.44. The quantitative estimate of drug-likeness (QED) is 0.270. The summed E-state index contributed by atoms with van der Waals surface area (Å²) in [5.41, 5.74) is 0. The maximum atomic E-state index is 10.6. The predicted octanol–water partition coefficient (Wildman–Crippen LogP) is -0.552. The van der Waals surface area contributed by atoms with E-state index in [9.17, 15) is 8.42 Å². The van der Waals surface area contributed by atoms with Crippen molar-refractivity contribution in [1.29, 1.82) is 0 Å². The molecule has 21 heavy (non-hydrogen) atoms. The van der Waals surface area contributed by atoms with Gasteiger partial charge in [0.15, 0.2) is 0 Å². The highest BCUT2D eigenvalue weighted by Gasteiger charge is 2.11. The van der Waals surface area contributed by atoms with Crippen molar-refractivity contribution < 1.29 is 37.4 Å². The third-order valence-electron chi connectivity index (χ3n) is 2.44. The topological polar surface area (TPSA) is 123 Å².